The summed E-state index contributed by atoms with van der Waals surface area (Å²) in [5.41, 5.74) is 7.64. The number of aromatic nitrogens is 3. The van der Waals surface area contributed by atoms with Crippen LogP contribution in [0.5, 0.6) is 0 Å². The number of nitrogens with zero attached hydrogens (tertiary/aromatic N) is 4. The van der Waals surface area contributed by atoms with Crippen LogP contribution in [0, 0.1) is 11.3 Å². The fourth-order valence-electron chi connectivity index (χ4n) is 1.62. The van der Waals surface area contributed by atoms with Gasteiger partial charge < -0.3 is 11.1 Å². The summed E-state index contributed by atoms with van der Waals surface area (Å²) in [6, 6.07) is 5.59. The topological polar surface area (TPSA) is 92.5 Å². The zero-order valence-corrected chi connectivity index (χ0v) is 10.1. The highest BCUT2D eigenvalue weighted by atomic mass is 15.2. The molecule has 0 amide bonds. The standard InChI is InChI=1S/C12H14N6/c1-18-7-4-10(17-18)3-6-16-12-11(14)9(8-13)2-5-15-12/h2,4-5,7H,3,6,14H2,1H3,(H,15,16). The highest BCUT2D eigenvalue weighted by molar-refractivity contribution is 5.68. The highest BCUT2D eigenvalue weighted by Gasteiger charge is 2.05. The minimum Gasteiger partial charge on any atom is -0.395 e. The number of hydrogen-bond acceptors (Lipinski definition) is 5. The summed E-state index contributed by atoms with van der Waals surface area (Å²) in [6.45, 7) is 0.670. The first kappa shape index (κ1) is 11.9. The molecule has 0 atom stereocenters. The van der Waals surface area contributed by atoms with Gasteiger partial charge in [0.2, 0.25) is 0 Å². The Morgan fingerprint density at radius 2 is 2.33 bits per heavy atom. The van der Waals surface area contributed by atoms with Gasteiger partial charge in [-0.1, -0.05) is 0 Å². The molecular formula is C12H14N6. The van der Waals surface area contributed by atoms with Gasteiger partial charge in [0.05, 0.1) is 16.9 Å². The van der Waals surface area contributed by atoms with Crippen LogP contribution in [0.3, 0.4) is 0 Å². The van der Waals surface area contributed by atoms with Gasteiger partial charge in [0.1, 0.15) is 6.07 Å². The molecule has 0 aliphatic rings. The van der Waals surface area contributed by atoms with E-state index in [9.17, 15) is 0 Å². The summed E-state index contributed by atoms with van der Waals surface area (Å²) >= 11 is 0. The van der Waals surface area contributed by atoms with Crippen LogP contribution in [0.1, 0.15) is 11.3 Å². The van der Waals surface area contributed by atoms with Gasteiger partial charge in [-0.2, -0.15) is 10.4 Å². The molecule has 18 heavy (non-hydrogen) atoms. The Morgan fingerprint density at radius 1 is 1.50 bits per heavy atom. The third-order valence-corrected chi connectivity index (χ3v) is 2.55. The summed E-state index contributed by atoms with van der Waals surface area (Å²) in [6.07, 6.45) is 4.25. The number of anilines is 2. The van der Waals surface area contributed by atoms with Crippen LogP contribution in [-0.4, -0.2) is 21.3 Å². The monoisotopic (exact) mass is 242 g/mol. The normalized spacial score (nSPS) is 10.0. The minimum absolute atomic E-state index is 0.390. The van der Waals surface area contributed by atoms with E-state index in [4.69, 9.17) is 11.0 Å². The third kappa shape index (κ3) is 2.58. The number of nitrogen functional groups attached to an aromatic ring is 1. The van der Waals surface area contributed by atoms with Crippen LogP contribution in [0.4, 0.5) is 11.5 Å². The first-order chi connectivity index (χ1) is 8.70. The molecule has 2 aromatic heterocycles. The average molecular weight is 242 g/mol. The summed E-state index contributed by atoms with van der Waals surface area (Å²) in [5, 5.41) is 16.2. The molecule has 3 N–H and O–H groups in total. The van der Waals surface area contributed by atoms with E-state index in [2.05, 4.69) is 15.4 Å². The molecule has 0 fully saturated rings. The van der Waals surface area contributed by atoms with Gasteiger partial charge in [-0.3, -0.25) is 4.68 Å². The Morgan fingerprint density at radius 3 is 3.00 bits per heavy atom. The fraction of sp³-hybridized carbons (Fsp3) is 0.250. The number of nitriles is 1. The van der Waals surface area contributed by atoms with Crippen LogP contribution in [0.15, 0.2) is 24.5 Å². The molecule has 0 aliphatic carbocycles. The lowest BCUT2D eigenvalue weighted by Gasteiger charge is -2.07. The number of nitrogens with one attached hydrogen (secondary N) is 1. The maximum Gasteiger partial charge on any atom is 0.150 e. The van der Waals surface area contributed by atoms with Gasteiger partial charge in [0, 0.05) is 32.4 Å². The number of rotatable bonds is 4. The summed E-state index contributed by atoms with van der Waals surface area (Å²) in [4.78, 5) is 4.11. The predicted molar refractivity (Wildman–Crippen MR) is 68.8 cm³/mol. The SMILES string of the molecule is Cn1ccc(CCNc2nccc(C#N)c2N)n1. The zero-order valence-electron chi connectivity index (χ0n) is 10.1. The summed E-state index contributed by atoms with van der Waals surface area (Å²) < 4.78 is 1.76. The second-order valence-corrected chi connectivity index (χ2v) is 3.89. The Hall–Kier alpha value is -2.55. The smallest absolute Gasteiger partial charge is 0.150 e. The molecule has 2 aromatic rings. The van der Waals surface area contributed by atoms with Crippen molar-refractivity contribution in [2.45, 2.75) is 6.42 Å². The van der Waals surface area contributed by atoms with E-state index in [0.717, 1.165) is 12.1 Å². The molecule has 0 radical (unpaired) electrons. The number of aryl methyl sites for hydroxylation is 1. The molecule has 6 nitrogen and oxygen atoms in total. The molecule has 0 unspecified atom stereocenters. The van der Waals surface area contributed by atoms with Crippen molar-refractivity contribution in [3.8, 4) is 6.07 Å². The van der Waals surface area contributed by atoms with Crippen molar-refractivity contribution in [2.24, 2.45) is 7.05 Å². The molecule has 2 rings (SSSR count). The lowest BCUT2D eigenvalue weighted by molar-refractivity contribution is 0.742. The molecular weight excluding hydrogens is 228 g/mol. The van der Waals surface area contributed by atoms with Crippen molar-refractivity contribution in [1.29, 1.82) is 5.26 Å². The van der Waals surface area contributed by atoms with E-state index >= 15 is 0 Å². The second kappa shape index (κ2) is 5.19. The number of hydrogen-bond donors (Lipinski definition) is 2. The van der Waals surface area contributed by atoms with E-state index in [1.54, 1.807) is 16.9 Å². The molecule has 2 heterocycles. The molecule has 0 aromatic carbocycles. The van der Waals surface area contributed by atoms with Crippen LogP contribution >= 0.6 is 0 Å². The van der Waals surface area contributed by atoms with Crippen molar-refractivity contribution in [2.75, 3.05) is 17.6 Å². The maximum absolute atomic E-state index is 8.85. The van der Waals surface area contributed by atoms with E-state index in [1.807, 2.05) is 25.4 Å². The average Bonchev–Trinajstić information content (AvgIpc) is 2.77. The highest BCUT2D eigenvalue weighted by Crippen LogP contribution is 2.18. The Kier molecular flexibility index (Phi) is 3.44. The Bertz CT molecular complexity index is 580. The molecule has 0 saturated heterocycles. The van der Waals surface area contributed by atoms with Crippen molar-refractivity contribution >= 4 is 11.5 Å². The minimum atomic E-state index is 0.390. The van der Waals surface area contributed by atoms with Gasteiger partial charge in [-0.15, -0.1) is 0 Å². The lowest BCUT2D eigenvalue weighted by Crippen LogP contribution is -2.09. The predicted octanol–water partition coefficient (Wildman–Crippen LogP) is 0.924. The van der Waals surface area contributed by atoms with E-state index < -0.39 is 0 Å². The van der Waals surface area contributed by atoms with Crippen molar-refractivity contribution in [1.82, 2.24) is 14.8 Å². The van der Waals surface area contributed by atoms with E-state index in [-0.39, 0.29) is 0 Å². The largest absolute Gasteiger partial charge is 0.395 e. The number of pyridine rings is 1. The summed E-state index contributed by atoms with van der Waals surface area (Å²) in [5.74, 6) is 0.546. The maximum atomic E-state index is 8.85. The number of nitrogens with two attached hydrogens (primary N) is 1. The fourth-order valence-corrected chi connectivity index (χ4v) is 1.62. The first-order valence-electron chi connectivity index (χ1n) is 5.57. The Balaban J connectivity index is 1.97. The van der Waals surface area contributed by atoms with Gasteiger partial charge in [-0.25, -0.2) is 4.98 Å². The Labute approximate surface area is 105 Å². The second-order valence-electron chi connectivity index (χ2n) is 3.89. The van der Waals surface area contributed by atoms with E-state index in [1.165, 1.54) is 0 Å². The zero-order chi connectivity index (χ0) is 13.0. The molecule has 0 bridgehead atoms. The van der Waals surface area contributed by atoms with Crippen LogP contribution < -0.4 is 11.1 Å². The van der Waals surface area contributed by atoms with Crippen molar-refractivity contribution < 1.29 is 0 Å². The van der Waals surface area contributed by atoms with Gasteiger partial charge in [0.15, 0.2) is 5.82 Å². The van der Waals surface area contributed by atoms with Gasteiger partial charge in [-0.05, 0) is 12.1 Å². The molecule has 0 spiro atoms. The van der Waals surface area contributed by atoms with E-state index in [0.29, 0.717) is 23.6 Å². The van der Waals surface area contributed by atoms with Crippen LogP contribution in [-0.2, 0) is 13.5 Å². The van der Waals surface area contributed by atoms with Crippen LogP contribution in [0.25, 0.3) is 0 Å². The van der Waals surface area contributed by atoms with Crippen LogP contribution in [0.2, 0.25) is 0 Å². The van der Waals surface area contributed by atoms with Gasteiger partial charge in [0.25, 0.3) is 0 Å². The molecule has 0 saturated carbocycles. The quantitative estimate of drug-likeness (QED) is 0.831. The third-order valence-electron chi connectivity index (χ3n) is 2.55. The molecule has 92 valence electrons. The first-order valence-corrected chi connectivity index (χ1v) is 5.57. The van der Waals surface area contributed by atoms with Crippen molar-refractivity contribution in [3.63, 3.8) is 0 Å². The molecule has 6 heteroatoms. The summed E-state index contributed by atoms with van der Waals surface area (Å²) in [7, 11) is 1.88. The van der Waals surface area contributed by atoms with Gasteiger partial charge >= 0.3 is 0 Å². The van der Waals surface area contributed by atoms with Crippen molar-refractivity contribution in [3.05, 3.63) is 35.8 Å². The molecule has 0 aliphatic heterocycles. The lowest BCUT2D eigenvalue weighted by atomic mass is 10.2.